The third-order valence-electron chi connectivity index (χ3n) is 5.70. The zero-order chi connectivity index (χ0) is 21.0. The second kappa shape index (κ2) is 6.59. The first-order valence-corrected chi connectivity index (χ1v) is 9.03. The lowest BCUT2D eigenvalue weighted by Crippen LogP contribution is -2.27. The van der Waals surface area contributed by atoms with Crippen LogP contribution in [0.2, 0.25) is 0 Å². The van der Waals surface area contributed by atoms with Gasteiger partial charge in [0, 0.05) is 17.0 Å². The predicted molar refractivity (Wildman–Crippen MR) is 98.9 cm³/mol. The Balaban J connectivity index is 1.90. The van der Waals surface area contributed by atoms with Gasteiger partial charge in [0.1, 0.15) is 6.61 Å². The van der Waals surface area contributed by atoms with Crippen LogP contribution in [0.5, 0.6) is 23.0 Å². The van der Waals surface area contributed by atoms with E-state index in [1.807, 2.05) is 0 Å². The fourth-order valence-corrected chi connectivity index (χ4v) is 4.18. The number of Topliss-reactive ketones (excluding diaryl/α,β-unsaturated/α-hetero) is 1. The zero-order valence-electron chi connectivity index (χ0n) is 15.5. The maximum absolute atomic E-state index is 13.1. The molecule has 0 saturated carbocycles. The van der Waals surface area contributed by atoms with Gasteiger partial charge in [0.25, 0.3) is 0 Å². The van der Waals surface area contributed by atoms with Crippen molar-refractivity contribution in [2.24, 2.45) is 5.92 Å². The number of fused-ring (bicyclic) bond motifs is 3. The molecule has 0 heterocycles. The number of aliphatic hydroxyl groups is 1. The van der Waals surface area contributed by atoms with E-state index in [2.05, 4.69) is 0 Å². The van der Waals surface area contributed by atoms with E-state index in [4.69, 9.17) is 9.84 Å². The minimum Gasteiger partial charge on any atom is -0.504 e. The van der Waals surface area contributed by atoms with Crippen LogP contribution in [0.1, 0.15) is 49.4 Å². The summed E-state index contributed by atoms with van der Waals surface area (Å²) in [5.74, 6) is -4.99. The Hall–Kier alpha value is -3.39. The molecule has 0 aromatic heterocycles. The summed E-state index contributed by atoms with van der Waals surface area (Å²) in [7, 11) is 1.17. The van der Waals surface area contributed by atoms with Crippen LogP contribution in [0.3, 0.4) is 0 Å². The van der Waals surface area contributed by atoms with Crippen molar-refractivity contribution in [2.45, 2.75) is 19.3 Å². The molecule has 1 unspecified atom stereocenters. The van der Waals surface area contributed by atoms with Crippen molar-refractivity contribution in [1.29, 1.82) is 0 Å². The summed E-state index contributed by atoms with van der Waals surface area (Å²) < 4.78 is 5.02. The van der Waals surface area contributed by atoms with Gasteiger partial charge >= 0.3 is 0 Å². The number of hydrogen-bond acceptors (Lipinski definition) is 8. The van der Waals surface area contributed by atoms with Gasteiger partial charge in [-0.05, 0) is 42.5 Å². The Kier molecular flexibility index (Phi) is 4.31. The Morgan fingerprint density at radius 2 is 1.62 bits per heavy atom. The molecule has 4 N–H and O–H groups in total. The molecule has 0 saturated heterocycles. The van der Waals surface area contributed by atoms with E-state index in [-0.39, 0.29) is 34.1 Å². The monoisotopic (exact) mass is 398 g/mol. The van der Waals surface area contributed by atoms with Crippen molar-refractivity contribution in [3.8, 4) is 23.0 Å². The number of carbonyl (C=O) groups excluding carboxylic acids is 3. The third-order valence-corrected chi connectivity index (χ3v) is 5.70. The Labute approximate surface area is 165 Å². The summed E-state index contributed by atoms with van der Waals surface area (Å²) >= 11 is 0. The SMILES string of the molecule is COc1c(O)c(O)c(O)c2c1C(=O)c1cc3c(cc1C2=O)CC(C(=O)CO)CC3. The largest absolute Gasteiger partial charge is 0.504 e. The normalized spacial score (nSPS) is 17.4. The first-order valence-electron chi connectivity index (χ1n) is 9.03. The number of aryl methyl sites for hydroxylation is 1. The number of aliphatic hydroxyl groups excluding tert-OH is 1. The van der Waals surface area contributed by atoms with E-state index in [1.54, 1.807) is 6.07 Å². The Bertz CT molecular complexity index is 1100. The highest BCUT2D eigenvalue weighted by Gasteiger charge is 2.39. The molecular weight excluding hydrogens is 380 g/mol. The lowest BCUT2D eigenvalue weighted by atomic mass is 9.76. The fraction of sp³-hybridized carbons (Fsp3) is 0.286. The van der Waals surface area contributed by atoms with Crippen molar-refractivity contribution in [2.75, 3.05) is 13.7 Å². The van der Waals surface area contributed by atoms with Crippen LogP contribution in [0, 0.1) is 5.92 Å². The molecule has 2 aliphatic carbocycles. The van der Waals surface area contributed by atoms with Gasteiger partial charge in [-0.1, -0.05) is 0 Å². The number of phenols is 3. The number of benzene rings is 2. The van der Waals surface area contributed by atoms with Crippen molar-refractivity contribution < 1.29 is 39.5 Å². The van der Waals surface area contributed by atoms with Crippen molar-refractivity contribution in [1.82, 2.24) is 0 Å². The zero-order valence-corrected chi connectivity index (χ0v) is 15.5. The first-order chi connectivity index (χ1) is 13.8. The van der Waals surface area contributed by atoms with Crippen molar-refractivity contribution in [3.63, 3.8) is 0 Å². The van der Waals surface area contributed by atoms with Crippen LogP contribution < -0.4 is 4.74 Å². The smallest absolute Gasteiger partial charge is 0.205 e. The summed E-state index contributed by atoms with van der Waals surface area (Å²) in [4.78, 5) is 38.1. The first kappa shape index (κ1) is 18.9. The van der Waals surface area contributed by atoms with Gasteiger partial charge < -0.3 is 25.2 Å². The summed E-state index contributed by atoms with van der Waals surface area (Å²) in [5.41, 5.74) is 0.953. The second-order valence-electron chi connectivity index (χ2n) is 7.22. The molecule has 2 aromatic carbocycles. The second-order valence-corrected chi connectivity index (χ2v) is 7.22. The van der Waals surface area contributed by atoms with Gasteiger partial charge in [-0.15, -0.1) is 0 Å². The Morgan fingerprint density at radius 3 is 2.24 bits per heavy atom. The summed E-state index contributed by atoms with van der Waals surface area (Å²) in [5, 5.41) is 39.3. The van der Waals surface area contributed by atoms with Crippen LogP contribution >= 0.6 is 0 Å². The molecule has 2 aromatic rings. The highest BCUT2D eigenvalue weighted by Crippen LogP contribution is 2.51. The van der Waals surface area contributed by atoms with Crippen molar-refractivity contribution >= 4 is 17.3 Å². The number of hydrogen-bond donors (Lipinski definition) is 4. The maximum atomic E-state index is 13.1. The lowest BCUT2D eigenvalue weighted by Gasteiger charge is -2.27. The van der Waals surface area contributed by atoms with Crippen LogP contribution in [-0.2, 0) is 17.6 Å². The molecule has 2 aliphatic rings. The van der Waals surface area contributed by atoms with Gasteiger partial charge in [-0.3, -0.25) is 14.4 Å². The molecule has 29 heavy (non-hydrogen) atoms. The molecule has 8 heteroatoms. The molecule has 0 spiro atoms. The van der Waals surface area contributed by atoms with Gasteiger partial charge in [0.2, 0.25) is 11.5 Å². The standard InChI is InChI=1S/C21H18O8/c1-29-21-15-14(18(26)19(27)20(21)28)16(24)12-6-10-4-9(13(23)7-22)3-2-8(10)5-11(12)17(15)25/h5-6,9,22,26-28H,2-4,7H2,1H3. The van der Waals surface area contributed by atoms with Gasteiger partial charge in [-0.25, -0.2) is 0 Å². The third kappa shape index (κ3) is 2.60. The van der Waals surface area contributed by atoms with E-state index in [1.165, 1.54) is 13.2 Å². The topological polar surface area (TPSA) is 141 Å². The number of ether oxygens (including phenoxy) is 1. The van der Waals surface area contributed by atoms with Crippen LogP contribution in [-0.4, -0.2) is 51.5 Å². The lowest BCUT2D eigenvalue weighted by molar-refractivity contribution is -0.125. The molecule has 0 bridgehead atoms. The number of aromatic hydroxyl groups is 3. The molecule has 0 aliphatic heterocycles. The highest BCUT2D eigenvalue weighted by atomic mass is 16.5. The maximum Gasteiger partial charge on any atom is 0.205 e. The number of rotatable bonds is 3. The molecule has 0 radical (unpaired) electrons. The van der Waals surface area contributed by atoms with E-state index in [9.17, 15) is 29.7 Å². The number of phenolic OH excluding ortho intramolecular Hbond substituents is 3. The summed E-state index contributed by atoms with van der Waals surface area (Å²) in [6, 6.07) is 3.12. The molecule has 1 atom stereocenters. The molecule has 150 valence electrons. The molecule has 0 amide bonds. The summed E-state index contributed by atoms with van der Waals surface area (Å²) in [6.07, 6.45) is 1.38. The highest BCUT2D eigenvalue weighted by molar-refractivity contribution is 6.31. The minimum atomic E-state index is -0.947. The van der Waals surface area contributed by atoms with E-state index < -0.39 is 41.0 Å². The number of methoxy groups -OCH3 is 1. The van der Waals surface area contributed by atoms with Crippen molar-refractivity contribution in [3.05, 3.63) is 45.5 Å². The molecule has 0 fully saturated rings. The fourth-order valence-electron chi connectivity index (χ4n) is 4.18. The van der Waals surface area contributed by atoms with Gasteiger partial charge in [-0.2, -0.15) is 0 Å². The number of carbonyl (C=O) groups is 3. The number of ketones is 3. The van der Waals surface area contributed by atoms with Gasteiger partial charge in [0.05, 0.1) is 18.2 Å². The molecular formula is C21H18O8. The summed E-state index contributed by atoms with van der Waals surface area (Å²) in [6.45, 7) is -0.549. The van der Waals surface area contributed by atoms with E-state index in [0.29, 0.717) is 19.3 Å². The molecule has 8 nitrogen and oxygen atoms in total. The minimum absolute atomic E-state index is 0.0424. The van der Waals surface area contributed by atoms with Gasteiger partial charge in [0.15, 0.2) is 28.8 Å². The molecule has 4 rings (SSSR count). The average molecular weight is 398 g/mol. The average Bonchev–Trinajstić information content (AvgIpc) is 2.73. The van der Waals surface area contributed by atoms with Crippen LogP contribution in [0.4, 0.5) is 0 Å². The van der Waals surface area contributed by atoms with E-state index >= 15 is 0 Å². The van der Waals surface area contributed by atoms with Crippen LogP contribution in [0.15, 0.2) is 12.1 Å². The van der Waals surface area contributed by atoms with E-state index in [0.717, 1.165) is 11.1 Å². The van der Waals surface area contributed by atoms with Crippen LogP contribution in [0.25, 0.3) is 0 Å². The quantitative estimate of drug-likeness (QED) is 0.483. The predicted octanol–water partition coefficient (Wildman–Crippen LogP) is 1.25. The Morgan fingerprint density at radius 1 is 1.00 bits per heavy atom.